The fourth-order valence-electron chi connectivity index (χ4n) is 3.29. The number of piperidine rings is 1. The standard InChI is InChI=1S/C20H24N2O3S/c1-25-20(24)18-11-10-17(26-18)19(23)21-13-16-9-5-6-12-22(16)14-15-7-3-2-4-8-15/h2-4,7-8,10-11,16H,5-6,9,12-14H2,1H3,(H,21,23). The van der Waals surface area contributed by atoms with Gasteiger partial charge in [0.1, 0.15) is 4.88 Å². The van der Waals surface area contributed by atoms with Gasteiger partial charge in [-0.3, -0.25) is 9.69 Å². The number of nitrogens with one attached hydrogen (secondary N) is 1. The molecular formula is C20H24N2O3S. The second-order valence-corrected chi connectivity index (χ2v) is 7.55. The smallest absolute Gasteiger partial charge is 0.348 e. The number of benzene rings is 1. The molecule has 6 heteroatoms. The summed E-state index contributed by atoms with van der Waals surface area (Å²) in [6.45, 7) is 2.59. The summed E-state index contributed by atoms with van der Waals surface area (Å²) in [5.74, 6) is -0.536. The highest BCUT2D eigenvalue weighted by Gasteiger charge is 2.23. The lowest BCUT2D eigenvalue weighted by atomic mass is 10.0. The molecule has 2 aromatic rings. The van der Waals surface area contributed by atoms with Crippen molar-refractivity contribution in [3.05, 3.63) is 57.8 Å². The highest BCUT2D eigenvalue weighted by molar-refractivity contribution is 7.15. The van der Waals surface area contributed by atoms with E-state index in [4.69, 9.17) is 0 Å². The van der Waals surface area contributed by atoms with Gasteiger partial charge in [0.25, 0.3) is 5.91 Å². The summed E-state index contributed by atoms with van der Waals surface area (Å²) >= 11 is 1.16. The molecule has 1 fully saturated rings. The normalized spacial score (nSPS) is 17.7. The number of amides is 1. The van der Waals surface area contributed by atoms with Crippen molar-refractivity contribution in [1.82, 2.24) is 10.2 Å². The van der Waals surface area contributed by atoms with Gasteiger partial charge >= 0.3 is 5.97 Å². The molecule has 0 bridgehead atoms. The van der Waals surface area contributed by atoms with E-state index in [1.165, 1.54) is 25.5 Å². The molecule has 0 spiro atoms. The summed E-state index contributed by atoms with van der Waals surface area (Å²) in [6.07, 6.45) is 3.48. The van der Waals surface area contributed by atoms with E-state index in [1.807, 2.05) is 6.07 Å². The van der Waals surface area contributed by atoms with E-state index in [-0.39, 0.29) is 5.91 Å². The van der Waals surface area contributed by atoms with Gasteiger partial charge in [0.15, 0.2) is 0 Å². The average Bonchev–Trinajstić information content (AvgIpc) is 3.17. The first-order valence-corrected chi connectivity index (χ1v) is 9.73. The Kier molecular flexibility index (Phi) is 6.41. The van der Waals surface area contributed by atoms with Gasteiger partial charge in [-0.25, -0.2) is 4.79 Å². The van der Waals surface area contributed by atoms with Crippen LogP contribution in [0.5, 0.6) is 0 Å². The fraction of sp³-hybridized carbons (Fsp3) is 0.400. The SMILES string of the molecule is COC(=O)c1ccc(C(=O)NCC2CCCCN2Cc2ccccc2)s1. The molecule has 0 saturated carbocycles. The minimum atomic E-state index is -0.407. The number of carbonyl (C=O) groups is 2. The molecule has 1 N–H and O–H groups in total. The second-order valence-electron chi connectivity index (χ2n) is 6.47. The van der Waals surface area contributed by atoms with E-state index >= 15 is 0 Å². The summed E-state index contributed by atoms with van der Waals surface area (Å²) in [5, 5.41) is 3.03. The lowest BCUT2D eigenvalue weighted by Gasteiger charge is -2.35. The van der Waals surface area contributed by atoms with Crippen molar-refractivity contribution in [2.45, 2.75) is 31.8 Å². The fourth-order valence-corrected chi connectivity index (χ4v) is 4.13. The predicted molar refractivity (Wildman–Crippen MR) is 102 cm³/mol. The molecule has 26 heavy (non-hydrogen) atoms. The summed E-state index contributed by atoms with van der Waals surface area (Å²) in [5.41, 5.74) is 1.30. The first-order chi connectivity index (χ1) is 12.7. The molecule has 138 valence electrons. The number of esters is 1. The molecule has 1 aliphatic heterocycles. The van der Waals surface area contributed by atoms with Crippen LogP contribution < -0.4 is 5.32 Å². The Bertz CT molecular complexity index is 745. The molecule has 5 nitrogen and oxygen atoms in total. The average molecular weight is 372 g/mol. The van der Waals surface area contributed by atoms with Crippen molar-refractivity contribution < 1.29 is 14.3 Å². The molecule has 0 radical (unpaired) electrons. The zero-order valence-corrected chi connectivity index (χ0v) is 15.8. The van der Waals surface area contributed by atoms with E-state index in [0.29, 0.717) is 22.3 Å². The zero-order valence-electron chi connectivity index (χ0n) is 14.9. The topological polar surface area (TPSA) is 58.6 Å². The number of methoxy groups -OCH3 is 1. The Morgan fingerprint density at radius 2 is 1.92 bits per heavy atom. The third-order valence-electron chi connectivity index (χ3n) is 4.69. The molecule has 1 amide bonds. The number of rotatable bonds is 6. The van der Waals surface area contributed by atoms with Gasteiger partial charge < -0.3 is 10.1 Å². The molecular weight excluding hydrogens is 348 g/mol. The highest BCUT2D eigenvalue weighted by atomic mass is 32.1. The lowest BCUT2D eigenvalue weighted by Crippen LogP contribution is -2.46. The van der Waals surface area contributed by atoms with E-state index in [2.05, 4.69) is 39.2 Å². The largest absolute Gasteiger partial charge is 0.465 e. The summed E-state index contributed by atoms with van der Waals surface area (Å²) < 4.78 is 4.69. The number of nitrogens with zero attached hydrogens (tertiary/aromatic N) is 1. The third-order valence-corrected chi connectivity index (χ3v) is 5.76. The van der Waals surface area contributed by atoms with Crippen molar-refractivity contribution >= 4 is 23.2 Å². The van der Waals surface area contributed by atoms with E-state index in [0.717, 1.165) is 30.8 Å². The second kappa shape index (κ2) is 8.96. The Hall–Kier alpha value is -2.18. The van der Waals surface area contributed by atoms with Crippen LogP contribution >= 0.6 is 11.3 Å². The molecule has 1 aliphatic rings. The number of ether oxygens (including phenoxy) is 1. The van der Waals surface area contributed by atoms with Crippen molar-refractivity contribution in [2.24, 2.45) is 0 Å². The highest BCUT2D eigenvalue weighted by Crippen LogP contribution is 2.20. The molecule has 1 unspecified atom stereocenters. The molecule has 1 aromatic carbocycles. The minimum absolute atomic E-state index is 0.129. The molecule has 3 rings (SSSR count). The maximum atomic E-state index is 12.4. The van der Waals surface area contributed by atoms with E-state index < -0.39 is 5.97 Å². The third kappa shape index (κ3) is 4.71. The van der Waals surface area contributed by atoms with Crippen molar-refractivity contribution in [1.29, 1.82) is 0 Å². The number of hydrogen-bond donors (Lipinski definition) is 1. The maximum absolute atomic E-state index is 12.4. The van der Waals surface area contributed by atoms with Crippen LogP contribution in [0.3, 0.4) is 0 Å². The van der Waals surface area contributed by atoms with Crippen molar-refractivity contribution in [2.75, 3.05) is 20.2 Å². The van der Waals surface area contributed by atoms with Crippen LogP contribution in [-0.2, 0) is 11.3 Å². The molecule has 1 atom stereocenters. The van der Waals surface area contributed by atoms with E-state index in [1.54, 1.807) is 12.1 Å². The van der Waals surface area contributed by atoms with Gasteiger partial charge in [-0.15, -0.1) is 11.3 Å². The van der Waals surface area contributed by atoms with Crippen LogP contribution in [0.1, 0.15) is 44.2 Å². The van der Waals surface area contributed by atoms with Crippen LogP contribution in [0.15, 0.2) is 42.5 Å². The monoisotopic (exact) mass is 372 g/mol. The van der Waals surface area contributed by atoms with Crippen molar-refractivity contribution in [3.8, 4) is 0 Å². The first-order valence-electron chi connectivity index (χ1n) is 8.91. The van der Waals surface area contributed by atoms with Crippen LogP contribution in [0, 0.1) is 0 Å². The Morgan fingerprint density at radius 3 is 2.69 bits per heavy atom. The van der Waals surface area contributed by atoms with Gasteiger partial charge in [-0.1, -0.05) is 36.8 Å². The zero-order chi connectivity index (χ0) is 18.4. The summed E-state index contributed by atoms with van der Waals surface area (Å²) in [4.78, 5) is 27.4. The summed E-state index contributed by atoms with van der Waals surface area (Å²) in [7, 11) is 1.34. The van der Waals surface area contributed by atoms with Crippen LogP contribution in [0.4, 0.5) is 0 Å². The van der Waals surface area contributed by atoms with E-state index in [9.17, 15) is 9.59 Å². The van der Waals surface area contributed by atoms with Gasteiger partial charge in [-0.05, 0) is 37.1 Å². The van der Waals surface area contributed by atoms with Crippen LogP contribution in [0.25, 0.3) is 0 Å². The number of hydrogen-bond acceptors (Lipinski definition) is 5. The summed E-state index contributed by atoms with van der Waals surface area (Å²) in [6, 6.07) is 14.1. The van der Waals surface area contributed by atoms with Crippen molar-refractivity contribution in [3.63, 3.8) is 0 Å². The van der Waals surface area contributed by atoms with Gasteiger partial charge in [-0.2, -0.15) is 0 Å². The number of likely N-dealkylation sites (tertiary alicyclic amines) is 1. The van der Waals surface area contributed by atoms with Gasteiger partial charge in [0.05, 0.1) is 12.0 Å². The Morgan fingerprint density at radius 1 is 1.15 bits per heavy atom. The first kappa shape index (κ1) is 18.6. The number of thiophene rings is 1. The molecule has 1 saturated heterocycles. The predicted octanol–water partition coefficient (Wildman–Crippen LogP) is 3.32. The van der Waals surface area contributed by atoms with Gasteiger partial charge in [0, 0.05) is 19.1 Å². The van der Waals surface area contributed by atoms with Crippen LogP contribution in [-0.4, -0.2) is 43.0 Å². The van der Waals surface area contributed by atoms with Crippen LogP contribution in [0.2, 0.25) is 0 Å². The quantitative estimate of drug-likeness (QED) is 0.791. The minimum Gasteiger partial charge on any atom is -0.465 e. The Balaban J connectivity index is 1.57. The molecule has 2 heterocycles. The lowest BCUT2D eigenvalue weighted by molar-refractivity contribution is 0.0606. The van der Waals surface area contributed by atoms with Gasteiger partial charge in [0.2, 0.25) is 0 Å². The molecule has 0 aliphatic carbocycles. The maximum Gasteiger partial charge on any atom is 0.348 e. The molecule has 1 aromatic heterocycles. The Labute approximate surface area is 158 Å². The number of carbonyl (C=O) groups excluding carboxylic acids is 2.